The Labute approximate surface area is 108 Å². The van der Waals surface area contributed by atoms with Crippen LogP contribution in [0, 0.1) is 0 Å². The van der Waals surface area contributed by atoms with Gasteiger partial charge in [0.2, 0.25) is 0 Å². The van der Waals surface area contributed by atoms with Gasteiger partial charge in [-0.15, -0.1) is 0 Å². The van der Waals surface area contributed by atoms with Crippen molar-refractivity contribution in [3.05, 3.63) is 0 Å². The third kappa shape index (κ3) is 3.36. The Morgan fingerprint density at radius 2 is 1.87 bits per heavy atom. The molecule has 0 aromatic heterocycles. The summed E-state index contributed by atoms with van der Waals surface area (Å²) in [5.74, 6) is -1.81. The average molecular weight is 230 g/mol. The molecule has 0 aromatic carbocycles. The van der Waals surface area contributed by atoms with Crippen LogP contribution in [0.1, 0.15) is 0 Å². The van der Waals surface area contributed by atoms with E-state index < -0.39 is 36.5 Å². The molecule has 0 radical (unpaired) electrons. The van der Waals surface area contributed by atoms with E-state index in [2.05, 4.69) is 4.74 Å². The number of hydrogen-bond acceptors (Lipinski definition) is 7. The summed E-state index contributed by atoms with van der Waals surface area (Å²) in [6.07, 6.45) is -8.02. The molecule has 82 valence electrons. The number of carboxylic acid groups (broad SMARTS) is 1. The second kappa shape index (κ2) is 6.12. The van der Waals surface area contributed by atoms with Crippen LogP contribution in [0.25, 0.3) is 0 Å². The number of ether oxygens (including phenoxy) is 1. The summed E-state index contributed by atoms with van der Waals surface area (Å²) in [6.45, 7) is -0.354. The number of aliphatic hydroxyl groups excluding tert-OH is 4. The summed E-state index contributed by atoms with van der Waals surface area (Å²) in [5.41, 5.74) is 0. The molecule has 0 amide bonds. The van der Waals surface area contributed by atoms with Crippen molar-refractivity contribution in [2.75, 3.05) is 6.61 Å². The molecule has 1 aliphatic rings. The molecule has 0 spiro atoms. The van der Waals surface area contributed by atoms with Gasteiger partial charge in [-0.2, -0.15) is 0 Å². The summed E-state index contributed by atoms with van der Waals surface area (Å²) < 4.78 is 4.67. The van der Waals surface area contributed by atoms with Gasteiger partial charge in [0.25, 0.3) is 0 Å². The molecule has 0 aliphatic carbocycles. The summed E-state index contributed by atoms with van der Waals surface area (Å²) in [7, 11) is 0. The predicted molar refractivity (Wildman–Crippen MR) is 38.8 cm³/mol. The number of carbonyl (C=O) groups is 1. The van der Waals surface area contributed by atoms with Gasteiger partial charge in [0, 0.05) is 0 Å². The van der Waals surface area contributed by atoms with Crippen LogP contribution in [0.5, 0.6) is 0 Å². The van der Waals surface area contributed by atoms with E-state index in [0.717, 1.165) is 0 Å². The van der Waals surface area contributed by atoms with Gasteiger partial charge in [-0.25, -0.2) is 0 Å². The van der Waals surface area contributed by atoms with Crippen molar-refractivity contribution >= 4 is 5.97 Å². The molecule has 1 fully saturated rings. The molecular weight excluding hydrogens is 219 g/mol. The molecule has 0 bridgehead atoms. The van der Waals surface area contributed by atoms with Crippen molar-refractivity contribution in [1.82, 2.24) is 0 Å². The Kier molecular flexibility index (Phi) is 6.23. The normalized spacial score (nSPS) is 37.9. The summed E-state index contributed by atoms with van der Waals surface area (Å²) >= 11 is 0. The van der Waals surface area contributed by atoms with Gasteiger partial charge in [0.1, 0.15) is 30.5 Å². The maximum absolute atomic E-state index is 10.2. The first kappa shape index (κ1) is 15.3. The zero-order chi connectivity index (χ0) is 10.9. The smallest absolute Gasteiger partial charge is 0.547 e. The van der Waals surface area contributed by atoms with Crippen molar-refractivity contribution in [2.45, 2.75) is 30.5 Å². The fourth-order valence-electron chi connectivity index (χ4n) is 1.24. The van der Waals surface area contributed by atoms with Crippen molar-refractivity contribution in [2.24, 2.45) is 0 Å². The van der Waals surface area contributed by atoms with Crippen LogP contribution in [-0.2, 0) is 9.53 Å². The van der Waals surface area contributed by atoms with Crippen LogP contribution in [0.2, 0.25) is 0 Å². The fraction of sp³-hybridized carbons (Fsp3) is 0.857. The van der Waals surface area contributed by atoms with E-state index >= 15 is 0 Å². The topological polar surface area (TPSA) is 130 Å². The number of carbonyl (C=O) groups excluding carboxylic acids is 1. The van der Waals surface area contributed by atoms with Crippen molar-refractivity contribution in [3.63, 3.8) is 0 Å². The van der Waals surface area contributed by atoms with E-state index in [9.17, 15) is 15.0 Å². The van der Waals surface area contributed by atoms with E-state index in [4.69, 9.17) is 15.3 Å². The van der Waals surface area contributed by atoms with Crippen molar-refractivity contribution < 1.29 is 64.6 Å². The SMILES string of the molecule is O=C([O-])C(O)C1OC[C@@H](O)[C@H](O)C1O.[Na+]. The molecule has 1 rings (SSSR count). The Hall–Kier alpha value is 0.270. The molecule has 0 aromatic rings. The molecular formula is C7H11NaO7. The molecule has 15 heavy (non-hydrogen) atoms. The molecule has 3 unspecified atom stereocenters. The Morgan fingerprint density at radius 1 is 1.33 bits per heavy atom. The third-order valence-corrected chi connectivity index (χ3v) is 2.09. The molecule has 1 aliphatic heterocycles. The van der Waals surface area contributed by atoms with Crippen LogP contribution in [0.3, 0.4) is 0 Å². The molecule has 8 heteroatoms. The molecule has 7 nitrogen and oxygen atoms in total. The van der Waals surface area contributed by atoms with Gasteiger partial charge in [-0.05, 0) is 0 Å². The number of hydrogen-bond donors (Lipinski definition) is 4. The van der Waals surface area contributed by atoms with Gasteiger partial charge < -0.3 is 35.1 Å². The predicted octanol–water partition coefficient (Wildman–Crippen LogP) is -7.42. The van der Waals surface area contributed by atoms with Crippen LogP contribution in [0.4, 0.5) is 0 Å². The largest absolute Gasteiger partial charge is 1.00 e. The summed E-state index contributed by atoms with van der Waals surface area (Å²) in [4.78, 5) is 10.2. The second-order valence-electron chi connectivity index (χ2n) is 3.11. The van der Waals surface area contributed by atoms with E-state index in [1.165, 1.54) is 0 Å². The first-order valence-electron chi connectivity index (χ1n) is 4.00. The molecule has 5 atom stereocenters. The van der Waals surface area contributed by atoms with Crippen LogP contribution in [-0.4, -0.2) is 63.5 Å². The Bertz CT molecular complexity index is 223. The van der Waals surface area contributed by atoms with Crippen LogP contribution in [0.15, 0.2) is 0 Å². The Balaban J connectivity index is 0.00000196. The molecule has 1 heterocycles. The first-order valence-corrected chi connectivity index (χ1v) is 4.00. The monoisotopic (exact) mass is 230 g/mol. The Morgan fingerprint density at radius 3 is 2.33 bits per heavy atom. The first-order chi connectivity index (χ1) is 6.45. The fourth-order valence-corrected chi connectivity index (χ4v) is 1.24. The maximum Gasteiger partial charge on any atom is 1.00 e. The standard InChI is InChI=1S/C7H12O7.Na/c8-2-1-14-6(4(10)3(2)9)5(11)7(12)13;/h2-6,8-11H,1H2,(H,12,13);/q;+1/p-1/t2-,3+,4?,5?,6?;/m1./s1. The third-order valence-electron chi connectivity index (χ3n) is 2.09. The maximum atomic E-state index is 10.2. The zero-order valence-corrected chi connectivity index (χ0v) is 10.1. The van der Waals surface area contributed by atoms with E-state index in [1.807, 2.05) is 0 Å². The van der Waals surface area contributed by atoms with Gasteiger partial charge in [-0.1, -0.05) is 0 Å². The van der Waals surface area contributed by atoms with E-state index in [-0.39, 0.29) is 36.2 Å². The average Bonchev–Trinajstić information content (AvgIpc) is 2.13. The number of carboxylic acids is 1. The van der Waals surface area contributed by atoms with Crippen LogP contribution < -0.4 is 34.7 Å². The second-order valence-corrected chi connectivity index (χ2v) is 3.11. The van der Waals surface area contributed by atoms with Crippen LogP contribution >= 0.6 is 0 Å². The van der Waals surface area contributed by atoms with Gasteiger partial charge >= 0.3 is 29.6 Å². The quantitative estimate of drug-likeness (QED) is 0.346. The van der Waals surface area contributed by atoms with E-state index in [0.29, 0.717) is 0 Å². The molecule has 0 saturated carbocycles. The number of rotatable bonds is 2. The minimum absolute atomic E-state index is 0. The van der Waals surface area contributed by atoms with Gasteiger partial charge in [-0.3, -0.25) is 0 Å². The van der Waals surface area contributed by atoms with Crippen molar-refractivity contribution in [3.8, 4) is 0 Å². The molecule has 1 saturated heterocycles. The van der Waals surface area contributed by atoms with Crippen molar-refractivity contribution in [1.29, 1.82) is 0 Å². The summed E-state index contributed by atoms with van der Waals surface area (Å²) in [5, 5.41) is 46.6. The van der Waals surface area contributed by atoms with Gasteiger partial charge in [0.05, 0.1) is 12.6 Å². The zero-order valence-electron chi connectivity index (χ0n) is 8.11. The number of aliphatic carboxylic acids is 1. The molecule has 4 N–H and O–H groups in total. The minimum Gasteiger partial charge on any atom is -0.547 e. The summed E-state index contributed by atoms with van der Waals surface area (Å²) in [6, 6.07) is 0. The number of aliphatic hydroxyl groups is 4. The van der Waals surface area contributed by atoms with Gasteiger partial charge in [0.15, 0.2) is 0 Å². The minimum atomic E-state index is -2.04. The van der Waals surface area contributed by atoms with E-state index in [1.54, 1.807) is 0 Å².